The van der Waals surface area contributed by atoms with Gasteiger partial charge in [0, 0.05) is 50.9 Å². The molecule has 0 saturated carbocycles. The Labute approximate surface area is 109 Å². The second kappa shape index (κ2) is 4.25. The van der Waals surface area contributed by atoms with Crippen LogP contribution in [0.1, 0.15) is 0 Å². The van der Waals surface area contributed by atoms with Crippen molar-refractivity contribution in [3.05, 3.63) is 35.6 Å². The predicted octanol–water partition coefficient (Wildman–Crippen LogP) is 0.737. The van der Waals surface area contributed by atoms with Crippen LogP contribution in [-0.4, -0.2) is 44.2 Å². The molecule has 0 aromatic rings. The van der Waals surface area contributed by atoms with E-state index in [0.29, 0.717) is 5.92 Å². The van der Waals surface area contributed by atoms with E-state index in [2.05, 4.69) is 39.8 Å². The quantitative estimate of drug-likeness (QED) is 0.711. The molecule has 0 aromatic carbocycles. The molecular weight excluding hydrogens is 222 g/mol. The van der Waals surface area contributed by atoms with Gasteiger partial charge in [-0.15, -0.1) is 0 Å². The highest BCUT2D eigenvalue weighted by molar-refractivity contribution is 5.43. The van der Waals surface area contributed by atoms with Crippen LogP contribution in [-0.2, 0) is 0 Å². The zero-order valence-electron chi connectivity index (χ0n) is 10.7. The summed E-state index contributed by atoms with van der Waals surface area (Å²) >= 11 is 0. The van der Waals surface area contributed by atoms with Crippen molar-refractivity contribution in [2.45, 2.75) is 0 Å². The van der Waals surface area contributed by atoms with Crippen LogP contribution in [0.2, 0.25) is 0 Å². The van der Waals surface area contributed by atoms with Crippen molar-refractivity contribution in [3.8, 4) is 0 Å². The first-order chi connectivity index (χ1) is 8.92. The lowest BCUT2D eigenvalue weighted by Gasteiger charge is -2.33. The number of hydrogen-bond donors (Lipinski definition) is 2. The molecule has 1 aliphatic carbocycles. The summed E-state index contributed by atoms with van der Waals surface area (Å²) < 4.78 is 0. The van der Waals surface area contributed by atoms with Crippen LogP contribution < -0.4 is 10.6 Å². The molecule has 3 heterocycles. The number of nitrogens with zero attached hydrogens (tertiary/aromatic N) is 1. The molecule has 3 nitrogen and oxygen atoms in total. The molecule has 4 rings (SSSR count). The Bertz CT molecular complexity index is 423. The molecule has 3 heteroatoms. The van der Waals surface area contributed by atoms with E-state index in [0.717, 1.165) is 24.9 Å². The van der Waals surface area contributed by atoms with Gasteiger partial charge in [-0.1, -0.05) is 18.2 Å². The highest BCUT2D eigenvalue weighted by Gasteiger charge is 2.38. The minimum atomic E-state index is 0.595. The lowest BCUT2D eigenvalue weighted by Crippen LogP contribution is -2.34. The molecule has 2 N–H and O–H groups in total. The van der Waals surface area contributed by atoms with Crippen LogP contribution in [0.3, 0.4) is 0 Å². The van der Waals surface area contributed by atoms with Gasteiger partial charge in [0.1, 0.15) is 0 Å². The lowest BCUT2D eigenvalue weighted by atomic mass is 9.88. The maximum Gasteiger partial charge on any atom is 0.0402 e. The van der Waals surface area contributed by atoms with Crippen molar-refractivity contribution in [2.75, 3.05) is 39.3 Å². The van der Waals surface area contributed by atoms with Gasteiger partial charge in [-0.3, -0.25) is 0 Å². The fraction of sp³-hybridized carbons (Fsp3) is 0.600. The van der Waals surface area contributed by atoms with Gasteiger partial charge >= 0.3 is 0 Å². The van der Waals surface area contributed by atoms with Gasteiger partial charge in [0.25, 0.3) is 0 Å². The first-order valence-electron chi connectivity index (χ1n) is 7.17. The highest BCUT2D eigenvalue weighted by Crippen LogP contribution is 2.35. The van der Waals surface area contributed by atoms with Crippen LogP contribution >= 0.6 is 0 Å². The zero-order valence-corrected chi connectivity index (χ0v) is 10.7. The molecule has 3 atom stereocenters. The molecule has 0 aromatic heterocycles. The Morgan fingerprint density at radius 1 is 1.06 bits per heavy atom. The topological polar surface area (TPSA) is 27.3 Å². The zero-order chi connectivity index (χ0) is 11.9. The molecule has 3 aliphatic heterocycles. The van der Waals surface area contributed by atoms with Crippen molar-refractivity contribution < 1.29 is 0 Å². The van der Waals surface area contributed by atoms with E-state index >= 15 is 0 Å². The normalized spacial score (nSPS) is 38.2. The summed E-state index contributed by atoms with van der Waals surface area (Å²) in [6.45, 7) is 7.05. The fourth-order valence-electron chi connectivity index (χ4n) is 3.87. The summed E-state index contributed by atoms with van der Waals surface area (Å²) in [6.07, 6.45) is 9.29. The van der Waals surface area contributed by atoms with Gasteiger partial charge in [0.15, 0.2) is 0 Å². The molecule has 2 fully saturated rings. The van der Waals surface area contributed by atoms with E-state index in [1.807, 2.05) is 0 Å². The molecule has 4 aliphatic rings. The number of nitrogens with one attached hydrogen (secondary N) is 2. The number of fused-ring (bicyclic) bond motifs is 2. The van der Waals surface area contributed by atoms with Crippen LogP contribution in [0.15, 0.2) is 35.6 Å². The summed E-state index contributed by atoms with van der Waals surface area (Å²) in [7, 11) is 0. The van der Waals surface area contributed by atoms with E-state index in [1.165, 1.54) is 31.9 Å². The van der Waals surface area contributed by atoms with Crippen LogP contribution in [0.4, 0.5) is 0 Å². The molecule has 3 unspecified atom stereocenters. The van der Waals surface area contributed by atoms with Crippen LogP contribution in [0.5, 0.6) is 0 Å². The number of rotatable bonds is 1. The van der Waals surface area contributed by atoms with Crippen LogP contribution in [0.25, 0.3) is 0 Å². The highest BCUT2D eigenvalue weighted by atomic mass is 15.2. The molecule has 0 amide bonds. The third-order valence-electron chi connectivity index (χ3n) is 4.85. The van der Waals surface area contributed by atoms with Gasteiger partial charge in [0.2, 0.25) is 0 Å². The van der Waals surface area contributed by atoms with E-state index in [-0.39, 0.29) is 0 Å². The molecule has 2 saturated heterocycles. The largest absolute Gasteiger partial charge is 0.371 e. The Balaban J connectivity index is 1.59. The average molecular weight is 243 g/mol. The minimum Gasteiger partial charge on any atom is -0.371 e. The summed E-state index contributed by atoms with van der Waals surface area (Å²) in [5.74, 6) is 2.34. The van der Waals surface area contributed by atoms with Gasteiger partial charge in [0.05, 0.1) is 0 Å². The average Bonchev–Trinajstić information content (AvgIpc) is 2.99. The molecule has 18 heavy (non-hydrogen) atoms. The first-order valence-corrected chi connectivity index (χ1v) is 7.17. The summed E-state index contributed by atoms with van der Waals surface area (Å²) in [4.78, 5) is 2.63. The van der Waals surface area contributed by atoms with Crippen molar-refractivity contribution in [1.82, 2.24) is 15.5 Å². The SMILES string of the molecule is C1=CC2CNCC=C2C(N2CC3CNCC3C2)=C1. The van der Waals surface area contributed by atoms with Crippen molar-refractivity contribution >= 4 is 0 Å². The van der Waals surface area contributed by atoms with Crippen molar-refractivity contribution in [1.29, 1.82) is 0 Å². The molecule has 0 bridgehead atoms. The number of likely N-dealkylation sites (tertiary alicyclic amines) is 1. The summed E-state index contributed by atoms with van der Waals surface area (Å²) in [6, 6.07) is 0. The predicted molar refractivity (Wildman–Crippen MR) is 73.1 cm³/mol. The van der Waals surface area contributed by atoms with Crippen LogP contribution in [0, 0.1) is 17.8 Å². The Morgan fingerprint density at radius 3 is 2.72 bits per heavy atom. The Hall–Kier alpha value is -1.06. The molecular formula is C15H21N3. The van der Waals surface area contributed by atoms with E-state index in [4.69, 9.17) is 0 Å². The smallest absolute Gasteiger partial charge is 0.0402 e. The number of hydrogen-bond acceptors (Lipinski definition) is 3. The monoisotopic (exact) mass is 243 g/mol. The second-order valence-electron chi connectivity index (χ2n) is 5.94. The van der Waals surface area contributed by atoms with Gasteiger partial charge < -0.3 is 15.5 Å². The first kappa shape index (κ1) is 10.8. The van der Waals surface area contributed by atoms with Gasteiger partial charge in [-0.2, -0.15) is 0 Å². The Morgan fingerprint density at radius 2 is 1.89 bits per heavy atom. The van der Waals surface area contributed by atoms with Crippen molar-refractivity contribution in [2.24, 2.45) is 17.8 Å². The van der Waals surface area contributed by atoms with E-state index in [1.54, 1.807) is 5.57 Å². The maximum absolute atomic E-state index is 3.52. The molecule has 0 radical (unpaired) electrons. The molecule has 0 spiro atoms. The summed E-state index contributed by atoms with van der Waals surface area (Å²) in [5, 5.41) is 6.97. The standard InChI is InChI=1S/C15H21N3/c1-2-11-6-16-5-4-14(11)15(3-1)18-9-12-7-17-8-13(12)10-18/h1-4,11-13,16-17H,5-10H2. The van der Waals surface area contributed by atoms with Crippen molar-refractivity contribution in [3.63, 3.8) is 0 Å². The summed E-state index contributed by atoms with van der Waals surface area (Å²) in [5.41, 5.74) is 3.06. The third kappa shape index (κ3) is 1.65. The van der Waals surface area contributed by atoms with E-state index < -0.39 is 0 Å². The van der Waals surface area contributed by atoms with Gasteiger partial charge in [-0.25, -0.2) is 0 Å². The molecule has 96 valence electrons. The minimum absolute atomic E-state index is 0.595. The second-order valence-corrected chi connectivity index (χ2v) is 5.94. The number of allylic oxidation sites excluding steroid dienone is 3. The Kier molecular flexibility index (Phi) is 2.55. The maximum atomic E-state index is 3.52. The van der Waals surface area contributed by atoms with E-state index in [9.17, 15) is 0 Å². The fourth-order valence-corrected chi connectivity index (χ4v) is 3.87. The van der Waals surface area contributed by atoms with Gasteiger partial charge in [-0.05, 0) is 23.5 Å². The third-order valence-corrected chi connectivity index (χ3v) is 4.85. The lowest BCUT2D eigenvalue weighted by molar-refractivity contribution is 0.385.